The van der Waals surface area contributed by atoms with E-state index in [1.54, 1.807) is 29.4 Å². The Labute approximate surface area is 186 Å². The Hall–Kier alpha value is -2.87. The molecule has 0 bridgehead atoms. The van der Waals surface area contributed by atoms with E-state index in [1.165, 1.54) is 11.8 Å². The lowest BCUT2D eigenvalue weighted by Gasteiger charge is -2.11. The summed E-state index contributed by atoms with van der Waals surface area (Å²) in [5.41, 5.74) is 2.48. The normalized spacial score (nSPS) is 15.6. The molecule has 3 heterocycles. The first-order valence-electron chi connectivity index (χ1n) is 9.01. The molecule has 2 aromatic carbocycles. The number of hydrogen-bond donors (Lipinski definition) is 0. The molecule has 1 saturated heterocycles. The number of nitrogens with zero attached hydrogens (tertiary/aromatic N) is 2. The number of benzene rings is 2. The van der Waals surface area contributed by atoms with Crippen LogP contribution in [0.3, 0.4) is 0 Å². The number of furan rings is 1. The zero-order chi connectivity index (χ0) is 20.7. The van der Waals surface area contributed by atoms with Crippen molar-refractivity contribution < 1.29 is 13.7 Å². The summed E-state index contributed by atoms with van der Waals surface area (Å²) in [6.07, 6.45) is 3.41. The second-order valence-electron chi connectivity index (χ2n) is 6.64. The van der Waals surface area contributed by atoms with E-state index >= 15 is 0 Å². The molecule has 4 aromatic rings. The smallest absolute Gasteiger partial charge is 0.266 e. The molecular weight excluding hydrogens is 440 g/mol. The minimum absolute atomic E-state index is 0.134. The van der Waals surface area contributed by atoms with Crippen LogP contribution in [0.1, 0.15) is 11.3 Å². The van der Waals surface area contributed by atoms with Gasteiger partial charge in [-0.15, -0.1) is 0 Å². The van der Waals surface area contributed by atoms with Crippen molar-refractivity contribution >= 4 is 62.8 Å². The largest absolute Gasteiger partial charge is 0.467 e. The lowest BCUT2D eigenvalue weighted by molar-refractivity contribution is -0.122. The predicted octanol–water partition coefficient (Wildman–Crippen LogP) is 6.14. The molecule has 0 aliphatic carbocycles. The summed E-state index contributed by atoms with van der Waals surface area (Å²) in [6, 6.07) is 16.7. The van der Waals surface area contributed by atoms with E-state index < -0.39 is 0 Å². The van der Waals surface area contributed by atoms with Gasteiger partial charge in [0, 0.05) is 10.6 Å². The Balaban J connectivity index is 1.47. The lowest BCUT2D eigenvalue weighted by Crippen LogP contribution is -2.27. The molecule has 0 atom stereocenters. The van der Waals surface area contributed by atoms with Crippen LogP contribution in [0.2, 0.25) is 5.02 Å². The molecule has 1 amide bonds. The molecule has 0 spiro atoms. The van der Waals surface area contributed by atoms with Crippen LogP contribution in [-0.2, 0) is 11.3 Å². The first kappa shape index (κ1) is 19.1. The SMILES string of the molecule is O=C1/C(=C\c2ccc3noc(-c4ccc(Cl)cc4)c3c2)SC(=S)N1Cc1ccco1. The van der Waals surface area contributed by atoms with Crippen LogP contribution >= 0.6 is 35.6 Å². The molecule has 5 nitrogen and oxygen atoms in total. The van der Waals surface area contributed by atoms with Crippen LogP contribution < -0.4 is 0 Å². The van der Waals surface area contributed by atoms with E-state index in [0.717, 1.165) is 22.0 Å². The number of carbonyl (C=O) groups excluding carboxylic acids is 1. The topological polar surface area (TPSA) is 59.5 Å². The number of aromatic nitrogens is 1. The maximum atomic E-state index is 12.8. The molecule has 148 valence electrons. The van der Waals surface area contributed by atoms with Crippen LogP contribution in [0.5, 0.6) is 0 Å². The van der Waals surface area contributed by atoms with Gasteiger partial charge in [-0.2, -0.15) is 0 Å². The highest BCUT2D eigenvalue weighted by atomic mass is 35.5. The summed E-state index contributed by atoms with van der Waals surface area (Å²) in [5.74, 6) is 1.21. The molecule has 0 radical (unpaired) electrons. The zero-order valence-electron chi connectivity index (χ0n) is 15.4. The molecule has 30 heavy (non-hydrogen) atoms. The Morgan fingerprint density at radius 1 is 1.17 bits per heavy atom. The third-order valence-electron chi connectivity index (χ3n) is 4.67. The van der Waals surface area contributed by atoms with Crippen LogP contribution in [0.25, 0.3) is 28.3 Å². The quantitative estimate of drug-likeness (QED) is 0.273. The fraction of sp³-hybridized carbons (Fsp3) is 0.0455. The summed E-state index contributed by atoms with van der Waals surface area (Å²) in [5, 5.41) is 5.64. The van der Waals surface area contributed by atoms with E-state index in [-0.39, 0.29) is 5.91 Å². The number of hydrogen-bond acceptors (Lipinski definition) is 6. The van der Waals surface area contributed by atoms with Crippen molar-refractivity contribution in [2.24, 2.45) is 0 Å². The molecular formula is C22H13ClN2O3S2. The van der Waals surface area contributed by atoms with E-state index in [9.17, 15) is 4.79 Å². The first-order valence-corrected chi connectivity index (χ1v) is 10.6. The van der Waals surface area contributed by atoms with Gasteiger partial charge in [-0.1, -0.05) is 46.8 Å². The third-order valence-corrected chi connectivity index (χ3v) is 6.30. The van der Waals surface area contributed by atoms with Gasteiger partial charge in [0.05, 0.1) is 23.1 Å². The minimum Gasteiger partial charge on any atom is -0.467 e. The van der Waals surface area contributed by atoms with Crippen LogP contribution in [0.15, 0.2) is 74.7 Å². The monoisotopic (exact) mass is 452 g/mol. The number of rotatable bonds is 4. The molecule has 1 aliphatic rings. The Morgan fingerprint density at radius 3 is 2.77 bits per heavy atom. The van der Waals surface area contributed by atoms with Gasteiger partial charge in [0.15, 0.2) is 5.76 Å². The lowest BCUT2D eigenvalue weighted by atomic mass is 10.1. The van der Waals surface area contributed by atoms with Gasteiger partial charge >= 0.3 is 0 Å². The highest BCUT2D eigenvalue weighted by molar-refractivity contribution is 8.26. The molecule has 0 unspecified atom stereocenters. The standard InChI is InChI=1S/C22H13ClN2O3S2/c23-15-6-4-14(5-7-15)20-17-10-13(3-8-18(17)24-28-20)11-19-21(26)25(22(29)30-19)12-16-2-1-9-27-16/h1-11H,12H2/b19-11+. The van der Waals surface area contributed by atoms with Crippen molar-refractivity contribution in [1.29, 1.82) is 0 Å². The van der Waals surface area contributed by atoms with Crippen LogP contribution in [-0.4, -0.2) is 20.3 Å². The maximum Gasteiger partial charge on any atom is 0.266 e. The van der Waals surface area contributed by atoms with Crippen molar-refractivity contribution in [2.75, 3.05) is 0 Å². The zero-order valence-corrected chi connectivity index (χ0v) is 17.8. The number of amides is 1. The second-order valence-corrected chi connectivity index (χ2v) is 8.75. The number of carbonyl (C=O) groups is 1. The highest BCUT2D eigenvalue weighted by Crippen LogP contribution is 2.35. The van der Waals surface area contributed by atoms with Gasteiger partial charge in [-0.25, -0.2) is 0 Å². The van der Waals surface area contributed by atoms with Gasteiger partial charge in [0.25, 0.3) is 5.91 Å². The highest BCUT2D eigenvalue weighted by Gasteiger charge is 2.32. The number of thiocarbonyl (C=S) groups is 1. The minimum atomic E-state index is -0.134. The van der Waals surface area contributed by atoms with Crippen LogP contribution in [0, 0.1) is 0 Å². The van der Waals surface area contributed by atoms with E-state index in [1.807, 2.05) is 42.5 Å². The second kappa shape index (κ2) is 7.75. The Morgan fingerprint density at radius 2 is 2.00 bits per heavy atom. The van der Waals surface area contributed by atoms with Gasteiger partial charge in [-0.3, -0.25) is 9.69 Å². The number of fused-ring (bicyclic) bond motifs is 1. The Bertz CT molecular complexity index is 1290. The summed E-state index contributed by atoms with van der Waals surface area (Å²) in [7, 11) is 0. The summed E-state index contributed by atoms with van der Waals surface area (Å²) >= 11 is 12.7. The van der Waals surface area contributed by atoms with Crippen molar-refractivity contribution in [1.82, 2.24) is 10.1 Å². The summed E-state index contributed by atoms with van der Waals surface area (Å²) < 4.78 is 11.4. The van der Waals surface area contributed by atoms with Gasteiger partial charge in [0.1, 0.15) is 15.6 Å². The van der Waals surface area contributed by atoms with E-state index in [2.05, 4.69) is 5.16 Å². The Kier molecular flexibility index (Phi) is 4.94. The first-order chi connectivity index (χ1) is 14.6. The maximum absolute atomic E-state index is 12.8. The average Bonchev–Trinajstić information content (AvgIpc) is 3.46. The predicted molar refractivity (Wildman–Crippen MR) is 122 cm³/mol. The molecule has 8 heteroatoms. The van der Waals surface area contributed by atoms with Crippen molar-refractivity contribution in [3.05, 3.63) is 82.1 Å². The van der Waals surface area contributed by atoms with Gasteiger partial charge in [-0.05, 0) is 60.2 Å². The molecule has 0 N–H and O–H groups in total. The fourth-order valence-electron chi connectivity index (χ4n) is 3.20. The number of thioether (sulfide) groups is 1. The van der Waals surface area contributed by atoms with Crippen molar-refractivity contribution in [3.8, 4) is 11.3 Å². The van der Waals surface area contributed by atoms with Gasteiger partial charge < -0.3 is 8.94 Å². The molecule has 1 aliphatic heterocycles. The van der Waals surface area contributed by atoms with Crippen LogP contribution in [0.4, 0.5) is 0 Å². The van der Waals surface area contributed by atoms with Gasteiger partial charge in [0.2, 0.25) is 0 Å². The average molecular weight is 453 g/mol. The summed E-state index contributed by atoms with van der Waals surface area (Å²) in [4.78, 5) is 15.0. The van der Waals surface area contributed by atoms with E-state index in [4.69, 9.17) is 32.8 Å². The fourth-order valence-corrected chi connectivity index (χ4v) is 4.59. The van der Waals surface area contributed by atoms with E-state index in [0.29, 0.717) is 32.3 Å². The molecule has 2 aromatic heterocycles. The molecule has 1 fully saturated rings. The van der Waals surface area contributed by atoms with Crippen molar-refractivity contribution in [3.63, 3.8) is 0 Å². The summed E-state index contributed by atoms with van der Waals surface area (Å²) in [6.45, 7) is 0.320. The van der Waals surface area contributed by atoms with Crippen molar-refractivity contribution in [2.45, 2.75) is 6.54 Å². The number of halogens is 1. The third kappa shape index (κ3) is 3.56. The molecule has 5 rings (SSSR count). The molecule has 0 saturated carbocycles.